The molecule has 0 heterocycles. The van der Waals surface area contributed by atoms with Gasteiger partial charge in [0.2, 0.25) is 0 Å². The Morgan fingerprint density at radius 3 is 1.82 bits per heavy atom. The van der Waals surface area contributed by atoms with E-state index in [9.17, 15) is 9.90 Å². The van der Waals surface area contributed by atoms with Crippen molar-refractivity contribution in [2.24, 2.45) is 0 Å². The lowest BCUT2D eigenvalue weighted by molar-refractivity contribution is 0.0696. The molecule has 0 aromatic heterocycles. The second-order valence-corrected chi connectivity index (χ2v) is 7.66. The molecule has 0 spiro atoms. The summed E-state index contributed by atoms with van der Waals surface area (Å²) in [5.74, 6) is 0.330. The number of ether oxygens (including phenoxy) is 2. The first kappa shape index (κ1) is 24.3. The second kappa shape index (κ2) is 15.2. The number of rotatable bonds is 17. The minimum absolute atomic E-state index is 0.252. The van der Waals surface area contributed by atoms with Gasteiger partial charge in [0.25, 0.3) is 0 Å². The van der Waals surface area contributed by atoms with Crippen molar-refractivity contribution in [3.63, 3.8) is 0 Å². The maximum Gasteiger partial charge on any atom is 0.335 e. The summed E-state index contributed by atoms with van der Waals surface area (Å²) >= 11 is 0. The first-order valence-corrected chi connectivity index (χ1v) is 11.2. The van der Waals surface area contributed by atoms with Crippen molar-refractivity contribution >= 4 is 5.97 Å². The molecule has 0 aliphatic rings. The highest BCUT2D eigenvalue weighted by Gasteiger charge is 2.14. The number of benzene rings is 1. The number of unbranched alkanes of at least 4 members (excludes halogenated alkanes) is 10. The Bertz CT molecular complexity index is 554. The van der Waals surface area contributed by atoms with Crippen molar-refractivity contribution < 1.29 is 19.4 Å². The van der Waals surface area contributed by atoms with Gasteiger partial charge in [-0.3, -0.25) is 0 Å². The summed E-state index contributed by atoms with van der Waals surface area (Å²) in [5, 5.41) is 9.34. The van der Waals surface area contributed by atoms with E-state index in [1.165, 1.54) is 57.8 Å². The van der Waals surface area contributed by atoms with Crippen LogP contribution in [0.4, 0.5) is 0 Å². The summed E-state index contributed by atoms with van der Waals surface area (Å²) < 4.78 is 11.9. The molecule has 4 nitrogen and oxygen atoms in total. The molecule has 1 N–H and O–H groups in total. The molecular weight excluding hydrogens is 352 g/mol. The van der Waals surface area contributed by atoms with Crippen LogP contribution in [0.2, 0.25) is 0 Å². The van der Waals surface area contributed by atoms with Crippen LogP contribution in [-0.4, -0.2) is 24.3 Å². The van der Waals surface area contributed by atoms with Gasteiger partial charge >= 0.3 is 5.97 Å². The van der Waals surface area contributed by atoms with Gasteiger partial charge in [-0.05, 0) is 37.5 Å². The molecule has 4 heteroatoms. The van der Waals surface area contributed by atoms with Crippen LogP contribution in [0.1, 0.15) is 107 Å². The molecule has 28 heavy (non-hydrogen) atoms. The number of aryl methyl sites for hydroxylation is 1. The Balaban J connectivity index is 2.54. The van der Waals surface area contributed by atoms with Crippen molar-refractivity contribution in [1.82, 2.24) is 0 Å². The van der Waals surface area contributed by atoms with Gasteiger partial charge in [0.1, 0.15) is 0 Å². The van der Waals surface area contributed by atoms with Gasteiger partial charge in [0.05, 0.1) is 18.8 Å². The normalized spacial score (nSPS) is 10.8. The Labute approximate surface area is 171 Å². The first-order valence-electron chi connectivity index (χ1n) is 11.2. The van der Waals surface area contributed by atoms with Crippen LogP contribution in [0, 0.1) is 6.92 Å². The average molecular weight is 393 g/mol. The van der Waals surface area contributed by atoms with Crippen molar-refractivity contribution in [1.29, 1.82) is 0 Å². The molecule has 160 valence electrons. The summed E-state index contributed by atoms with van der Waals surface area (Å²) in [6, 6.07) is 3.26. The molecule has 0 atom stereocenters. The van der Waals surface area contributed by atoms with Gasteiger partial charge in [0.15, 0.2) is 11.5 Å². The third-order valence-electron chi connectivity index (χ3n) is 4.99. The quantitative estimate of drug-likeness (QED) is 0.285. The lowest BCUT2D eigenvalue weighted by atomic mass is 10.1. The maximum absolute atomic E-state index is 11.4. The number of carboxylic acids is 1. The average Bonchev–Trinajstić information content (AvgIpc) is 2.67. The molecule has 0 saturated heterocycles. The maximum atomic E-state index is 11.4. The van der Waals surface area contributed by atoms with E-state index in [0.29, 0.717) is 24.7 Å². The fraction of sp³-hybridized carbons (Fsp3) is 0.708. The largest absolute Gasteiger partial charge is 0.490 e. The molecule has 0 bridgehead atoms. The minimum Gasteiger partial charge on any atom is -0.490 e. The van der Waals surface area contributed by atoms with E-state index >= 15 is 0 Å². The van der Waals surface area contributed by atoms with Crippen LogP contribution in [0.3, 0.4) is 0 Å². The number of aromatic carboxylic acids is 1. The van der Waals surface area contributed by atoms with Gasteiger partial charge < -0.3 is 14.6 Å². The summed E-state index contributed by atoms with van der Waals surface area (Å²) in [5.41, 5.74) is 1.08. The monoisotopic (exact) mass is 392 g/mol. The summed E-state index contributed by atoms with van der Waals surface area (Å²) in [6.07, 6.45) is 14.4. The molecular formula is C24H40O4. The van der Waals surface area contributed by atoms with Gasteiger partial charge in [-0.1, -0.05) is 78.1 Å². The summed E-state index contributed by atoms with van der Waals surface area (Å²) in [7, 11) is 0. The van der Waals surface area contributed by atoms with Gasteiger partial charge in [-0.2, -0.15) is 0 Å². The molecule has 1 aromatic rings. The highest BCUT2D eigenvalue weighted by molar-refractivity contribution is 5.89. The van der Waals surface area contributed by atoms with Crippen LogP contribution in [0.15, 0.2) is 12.1 Å². The van der Waals surface area contributed by atoms with Gasteiger partial charge in [0, 0.05) is 0 Å². The van der Waals surface area contributed by atoms with E-state index in [0.717, 1.165) is 24.8 Å². The number of hydrogen-bond donors (Lipinski definition) is 1. The van der Waals surface area contributed by atoms with Crippen LogP contribution in [0.5, 0.6) is 11.5 Å². The Kier molecular flexibility index (Phi) is 13.2. The molecule has 0 aliphatic carbocycles. The highest BCUT2D eigenvalue weighted by atomic mass is 16.5. The first-order chi connectivity index (χ1) is 13.6. The van der Waals surface area contributed by atoms with Crippen LogP contribution >= 0.6 is 0 Å². The molecule has 1 rings (SSSR count). The number of carbonyl (C=O) groups is 1. The van der Waals surface area contributed by atoms with E-state index in [1.807, 2.05) is 6.92 Å². The van der Waals surface area contributed by atoms with E-state index < -0.39 is 5.97 Å². The number of carboxylic acid groups (broad SMARTS) is 1. The lowest BCUT2D eigenvalue weighted by Crippen LogP contribution is -2.06. The third-order valence-corrected chi connectivity index (χ3v) is 4.99. The fourth-order valence-corrected chi connectivity index (χ4v) is 3.28. The second-order valence-electron chi connectivity index (χ2n) is 7.66. The number of hydrogen-bond acceptors (Lipinski definition) is 3. The smallest absolute Gasteiger partial charge is 0.335 e. The topological polar surface area (TPSA) is 55.8 Å². The lowest BCUT2D eigenvalue weighted by Gasteiger charge is -2.16. The van der Waals surface area contributed by atoms with E-state index in [2.05, 4.69) is 13.8 Å². The molecule has 0 unspecified atom stereocenters. The Morgan fingerprint density at radius 2 is 1.29 bits per heavy atom. The zero-order valence-corrected chi connectivity index (χ0v) is 18.2. The van der Waals surface area contributed by atoms with Crippen molar-refractivity contribution in [3.8, 4) is 11.5 Å². The van der Waals surface area contributed by atoms with Crippen molar-refractivity contribution in [3.05, 3.63) is 23.3 Å². The van der Waals surface area contributed by atoms with E-state index in [4.69, 9.17) is 9.47 Å². The molecule has 0 radical (unpaired) electrons. The Hall–Kier alpha value is -1.71. The summed E-state index contributed by atoms with van der Waals surface area (Å²) in [4.78, 5) is 11.4. The van der Waals surface area contributed by atoms with Gasteiger partial charge in [-0.25, -0.2) is 4.79 Å². The molecule has 0 amide bonds. The van der Waals surface area contributed by atoms with Crippen LogP contribution in [-0.2, 0) is 0 Å². The third kappa shape index (κ3) is 10.0. The molecule has 0 saturated carbocycles. The zero-order valence-electron chi connectivity index (χ0n) is 18.2. The van der Waals surface area contributed by atoms with E-state index in [1.54, 1.807) is 12.1 Å². The standard InChI is InChI=1S/C24H40O4/c1-4-6-8-10-12-14-16-27-22-19-21(24(25)26)18-20(3)23(22)28-17-15-13-11-9-7-5-2/h18-19H,4-17H2,1-3H3,(H,25,26). The molecule has 1 aromatic carbocycles. The predicted molar refractivity (Wildman–Crippen MR) is 116 cm³/mol. The minimum atomic E-state index is -0.935. The predicted octanol–water partition coefficient (Wildman–Crippen LogP) is 7.17. The Morgan fingerprint density at radius 1 is 0.786 bits per heavy atom. The van der Waals surface area contributed by atoms with Gasteiger partial charge in [-0.15, -0.1) is 0 Å². The highest BCUT2D eigenvalue weighted by Crippen LogP contribution is 2.33. The van der Waals surface area contributed by atoms with Crippen molar-refractivity contribution in [2.75, 3.05) is 13.2 Å². The fourth-order valence-electron chi connectivity index (χ4n) is 3.28. The summed E-state index contributed by atoms with van der Waals surface area (Å²) in [6.45, 7) is 7.57. The van der Waals surface area contributed by atoms with Crippen molar-refractivity contribution in [2.45, 2.75) is 97.8 Å². The SMILES string of the molecule is CCCCCCCCOc1cc(C(=O)O)cc(C)c1OCCCCCCCC. The van der Waals surface area contributed by atoms with Crippen LogP contribution < -0.4 is 9.47 Å². The zero-order chi connectivity index (χ0) is 20.6. The molecule has 0 aliphatic heterocycles. The van der Waals surface area contributed by atoms with E-state index in [-0.39, 0.29) is 5.56 Å². The van der Waals surface area contributed by atoms with Crippen LogP contribution in [0.25, 0.3) is 0 Å². The molecule has 0 fully saturated rings.